The third-order valence-corrected chi connectivity index (χ3v) is 5.50. The van der Waals surface area contributed by atoms with E-state index in [1.165, 1.54) is 25.5 Å². The van der Waals surface area contributed by atoms with Gasteiger partial charge in [-0.2, -0.15) is 15.2 Å². The summed E-state index contributed by atoms with van der Waals surface area (Å²) >= 11 is 0. The quantitative estimate of drug-likeness (QED) is 0.253. The summed E-state index contributed by atoms with van der Waals surface area (Å²) in [6.07, 6.45) is 11.3. The van der Waals surface area contributed by atoms with Gasteiger partial charge in [0.05, 0.1) is 30.2 Å². The smallest absolute Gasteiger partial charge is 0.254 e. The number of anilines is 4. The summed E-state index contributed by atoms with van der Waals surface area (Å²) in [6.45, 7) is 3.03. The first-order valence-corrected chi connectivity index (χ1v) is 11.7. The zero-order valence-corrected chi connectivity index (χ0v) is 20.6. The number of rotatable bonds is 12. The Bertz CT molecular complexity index is 1330. The van der Waals surface area contributed by atoms with E-state index >= 15 is 0 Å². The molecule has 12 nitrogen and oxygen atoms in total. The number of nitrogens with two attached hydrogens (primary N) is 1. The molecule has 0 aliphatic heterocycles. The van der Waals surface area contributed by atoms with Gasteiger partial charge in [-0.1, -0.05) is 32.3 Å². The fraction of sp³-hybridized carbons (Fsp3) is 0.333. The number of nitrogens with one attached hydrogen (secondary N) is 2. The molecule has 188 valence electrons. The molecule has 4 aromatic rings. The van der Waals surface area contributed by atoms with Crippen LogP contribution in [-0.2, 0) is 13.6 Å². The molecule has 0 fully saturated rings. The fourth-order valence-electron chi connectivity index (χ4n) is 3.72. The molecule has 0 spiro atoms. The van der Waals surface area contributed by atoms with Gasteiger partial charge < -0.3 is 21.1 Å². The van der Waals surface area contributed by atoms with Crippen molar-refractivity contribution in [1.29, 1.82) is 0 Å². The maximum absolute atomic E-state index is 12.1. The first kappa shape index (κ1) is 24.6. The van der Waals surface area contributed by atoms with Gasteiger partial charge in [0.25, 0.3) is 5.91 Å². The van der Waals surface area contributed by atoms with Gasteiger partial charge in [-0.3, -0.25) is 14.2 Å². The number of hydrogen-bond acceptors (Lipinski definition) is 9. The SMILES string of the molecule is CCCCCCn1cc(Nc2ncc(C(N)=O)c(Nc3cccc(-c4ncn(C)n4)c3OC)n2)cn1. The van der Waals surface area contributed by atoms with Crippen LogP contribution < -0.4 is 21.1 Å². The molecule has 1 aromatic carbocycles. The Morgan fingerprint density at radius 2 is 2.00 bits per heavy atom. The molecule has 4 rings (SSSR count). The second-order valence-electron chi connectivity index (χ2n) is 8.25. The maximum Gasteiger partial charge on any atom is 0.254 e. The maximum atomic E-state index is 12.1. The Balaban J connectivity index is 1.58. The summed E-state index contributed by atoms with van der Waals surface area (Å²) in [7, 11) is 3.34. The van der Waals surface area contributed by atoms with E-state index < -0.39 is 5.91 Å². The molecule has 0 bridgehead atoms. The summed E-state index contributed by atoms with van der Waals surface area (Å²) in [6, 6.07) is 5.48. The minimum atomic E-state index is -0.662. The Morgan fingerprint density at radius 3 is 2.72 bits per heavy atom. The fourth-order valence-corrected chi connectivity index (χ4v) is 3.72. The van der Waals surface area contributed by atoms with Crippen LogP contribution in [-0.4, -0.2) is 47.5 Å². The number of aromatic nitrogens is 7. The van der Waals surface area contributed by atoms with Gasteiger partial charge in [-0.15, -0.1) is 0 Å². The van der Waals surface area contributed by atoms with Crippen LogP contribution in [0, 0.1) is 0 Å². The number of ether oxygens (including phenoxy) is 1. The van der Waals surface area contributed by atoms with Crippen LogP contribution in [0.2, 0.25) is 0 Å². The molecule has 3 heterocycles. The van der Waals surface area contributed by atoms with Crippen molar-refractivity contribution in [3.05, 3.63) is 48.7 Å². The van der Waals surface area contributed by atoms with Crippen LogP contribution in [0.5, 0.6) is 5.75 Å². The van der Waals surface area contributed by atoms with E-state index in [4.69, 9.17) is 10.5 Å². The normalized spacial score (nSPS) is 10.9. The minimum absolute atomic E-state index is 0.135. The van der Waals surface area contributed by atoms with E-state index in [9.17, 15) is 4.79 Å². The van der Waals surface area contributed by atoms with Crippen LogP contribution in [0.25, 0.3) is 11.4 Å². The average molecular weight is 491 g/mol. The lowest BCUT2D eigenvalue weighted by Crippen LogP contribution is -2.16. The Morgan fingerprint density at radius 1 is 1.14 bits per heavy atom. The van der Waals surface area contributed by atoms with E-state index in [1.807, 2.05) is 23.0 Å². The number of amides is 1. The third kappa shape index (κ3) is 5.77. The van der Waals surface area contributed by atoms with Gasteiger partial charge in [0, 0.05) is 26.0 Å². The first-order valence-electron chi connectivity index (χ1n) is 11.7. The molecular weight excluding hydrogens is 460 g/mol. The Hall–Kier alpha value is -4.48. The minimum Gasteiger partial charge on any atom is -0.494 e. The number of methoxy groups -OCH3 is 1. The number of benzene rings is 1. The van der Waals surface area contributed by atoms with Crippen molar-refractivity contribution in [2.24, 2.45) is 12.8 Å². The van der Waals surface area contributed by atoms with E-state index in [-0.39, 0.29) is 17.3 Å². The summed E-state index contributed by atoms with van der Waals surface area (Å²) in [5.41, 5.74) is 7.71. The highest BCUT2D eigenvalue weighted by molar-refractivity contribution is 5.98. The largest absolute Gasteiger partial charge is 0.494 e. The van der Waals surface area contributed by atoms with E-state index in [1.54, 1.807) is 37.4 Å². The standard InChI is InChI=1S/C24H30N10O2/c1-4-5-6-7-11-34-14-16(12-28-34)29-24-26-13-18(21(25)35)23(31-24)30-19-10-8-9-17(20(19)36-3)22-27-15-33(2)32-22/h8-10,12-15H,4-7,11H2,1-3H3,(H2,25,35)(H2,26,29,30,31). The molecule has 0 aliphatic rings. The highest BCUT2D eigenvalue weighted by Gasteiger charge is 2.18. The van der Waals surface area contributed by atoms with Crippen molar-refractivity contribution in [1.82, 2.24) is 34.5 Å². The number of aryl methyl sites for hydroxylation is 2. The van der Waals surface area contributed by atoms with Gasteiger partial charge in [0.15, 0.2) is 11.6 Å². The number of hydrogen-bond donors (Lipinski definition) is 3. The van der Waals surface area contributed by atoms with Gasteiger partial charge in [-0.25, -0.2) is 9.97 Å². The summed E-state index contributed by atoms with van der Waals surface area (Å²) in [4.78, 5) is 25.1. The van der Waals surface area contributed by atoms with Crippen LogP contribution >= 0.6 is 0 Å². The summed E-state index contributed by atoms with van der Waals surface area (Å²) in [5.74, 6) is 0.859. The van der Waals surface area contributed by atoms with Crippen LogP contribution in [0.3, 0.4) is 0 Å². The predicted molar refractivity (Wildman–Crippen MR) is 136 cm³/mol. The van der Waals surface area contributed by atoms with Gasteiger partial charge in [0.1, 0.15) is 17.7 Å². The molecule has 0 aliphatic carbocycles. The van der Waals surface area contributed by atoms with E-state index in [0.717, 1.165) is 18.7 Å². The van der Waals surface area contributed by atoms with Crippen LogP contribution in [0.1, 0.15) is 43.0 Å². The van der Waals surface area contributed by atoms with Gasteiger partial charge in [-0.05, 0) is 18.6 Å². The Labute approximate surface area is 208 Å². The van der Waals surface area contributed by atoms with Crippen LogP contribution in [0.4, 0.5) is 23.1 Å². The molecule has 36 heavy (non-hydrogen) atoms. The molecule has 12 heteroatoms. The number of carbonyl (C=O) groups excluding carboxylic acids is 1. The zero-order valence-electron chi connectivity index (χ0n) is 20.6. The number of unbranched alkanes of at least 4 members (excludes halogenated alkanes) is 3. The predicted octanol–water partition coefficient (Wildman–Crippen LogP) is 3.64. The molecule has 0 atom stereocenters. The van der Waals surface area contributed by atoms with E-state index in [0.29, 0.717) is 22.8 Å². The molecule has 4 N–H and O–H groups in total. The van der Waals surface area contributed by atoms with Crippen molar-refractivity contribution in [3.8, 4) is 17.1 Å². The summed E-state index contributed by atoms with van der Waals surface area (Å²) in [5, 5.41) is 15.0. The topological polar surface area (TPSA) is 151 Å². The molecule has 0 radical (unpaired) electrons. The molecular formula is C24H30N10O2. The van der Waals surface area contributed by atoms with Crippen molar-refractivity contribution >= 4 is 29.0 Å². The highest BCUT2D eigenvalue weighted by atomic mass is 16.5. The molecule has 0 unspecified atom stereocenters. The number of para-hydroxylation sites is 1. The Kier molecular flexibility index (Phi) is 7.73. The second-order valence-corrected chi connectivity index (χ2v) is 8.25. The lowest BCUT2D eigenvalue weighted by molar-refractivity contribution is 0.100. The van der Waals surface area contributed by atoms with Gasteiger partial charge >= 0.3 is 0 Å². The summed E-state index contributed by atoms with van der Waals surface area (Å²) < 4.78 is 9.14. The van der Waals surface area contributed by atoms with Crippen molar-refractivity contribution in [2.45, 2.75) is 39.2 Å². The lowest BCUT2D eigenvalue weighted by Gasteiger charge is -2.15. The van der Waals surface area contributed by atoms with Gasteiger partial charge in [0.2, 0.25) is 5.95 Å². The highest BCUT2D eigenvalue weighted by Crippen LogP contribution is 2.36. The number of nitrogens with zero attached hydrogens (tertiary/aromatic N) is 7. The monoisotopic (exact) mass is 490 g/mol. The molecule has 0 saturated carbocycles. The third-order valence-electron chi connectivity index (χ3n) is 5.50. The first-order chi connectivity index (χ1) is 17.5. The van der Waals surface area contributed by atoms with Crippen LogP contribution in [0.15, 0.2) is 43.1 Å². The number of carbonyl (C=O) groups is 1. The van der Waals surface area contributed by atoms with Crippen molar-refractivity contribution < 1.29 is 9.53 Å². The molecule has 0 saturated heterocycles. The molecule has 3 aromatic heterocycles. The average Bonchev–Trinajstić information content (AvgIpc) is 3.50. The van der Waals surface area contributed by atoms with E-state index in [2.05, 4.69) is 42.7 Å². The van der Waals surface area contributed by atoms with Crippen molar-refractivity contribution in [3.63, 3.8) is 0 Å². The lowest BCUT2D eigenvalue weighted by atomic mass is 10.1. The zero-order chi connectivity index (χ0) is 25.5. The van der Waals surface area contributed by atoms with Crippen molar-refractivity contribution in [2.75, 3.05) is 17.7 Å². The second kappa shape index (κ2) is 11.3. The molecule has 1 amide bonds. The number of primary amides is 1.